The highest BCUT2D eigenvalue weighted by Crippen LogP contribution is 2.49. The fourth-order valence-electron chi connectivity index (χ4n) is 12.0. The molecule has 5 heterocycles. The molecule has 11 aromatic carbocycles. The minimum Gasteiger partial charge on any atom is -0.309 e. The van der Waals surface area contributed by atoms with E-state index < -0.39 is 0 Å². The number of rotatable bonds is 7. The van der Waals surface area contributed by atoms with Crippen molar-refractivity contribution in [1.82, 2.24) is 24.1 Å². The smallest absolute Gasteiger partial charge is 0.166 e. The van der Waals surface area contributed by atoms with Gasteiger partial charge in [-0.15, -0.1) is 22.7 Å². The van der Waals surface area contributed by atoms with Gasteiger partial charge in [-0.2, -0.15) is 5.26 Å². The second-order valence-electron chi connectivity index (χ2n) is 19.7. The van der Waals surface area contributed by atoms with Crippen molar-refractivity contribution in [3.63, 3.8) is 0 Å². The van der Waals surface area contributed by atoms with Crippen LogP contribution in [-0.4, -0.2) is 24.1 Å². The third kappa shape index (κ3) is 6.76. The van der Waals surface area contributed by atoms with E-state index in [1.165, 1.54) is 61.9 Å². The van der Waals surface area contributed by atoms with E-state index >= 15 is 0 Å². The molecule has 0 spiro atoms. The molecule has 0 radical (unpaired) electrons. The number of thiophene rings is 2. The number of nitriles is 1. The first-order valence-corrected chi connectivity index (χ1v) is 27.6. The van der Waals surface area contributed by atoms with E-state index in [-0.39, 0.29) is 0 Å². The Bertz CT molecular complexity index is 5100. The van der Waals surface area contributed by atoms with E-state index in [4.69, 9.17) is 15.0 Å². The summed E-state index contributed by atoms with van der Waals surface area (Å²) < 4.78 is 9.96. The van der Waals surface area contributed by atoms with Crippen LogP contribution in [0.4, 0.5) is 0 Å². The summed E-state index contributed by atoms with van der Waals surface area (Å²) in [6.45, 7) is 0. The van der Waals surface area contributed by atoms with Crippen molar-refractivity contribution in [2.24, 2.45) is 0 Å². The molecule has 0 fully saturated rings. The standard InChI is InChI=1S/C70H40N6S2/c71-41-42-30-32-43(33-31-42)46-34-37-57(75-55-25-11-7-22-52(55)63-59(75)38-35-50-47-20-9-13-28-61(47)77-66(50)63)54(40-46)49-24-15-27-58(65(49)70-73-68(44-16-3-1-4-17-44)72-69(74-70)45-18-5-2-6-19-45)76-56-26-12-8-23-53(56)64-60(76)39-36-51-48-21-10-14-29-62(48)78-67(51)64/h1-40H. The van der Waals surface area contributed by atoms with Gasteiger partial charge in [0.25, 0.3) is 0 Å². The van der Waals surface area contributed by atoms with E-state index in [0.717, 1.165) is 72.4 Å². The molecule has 6 nitrogen and oxygen atoms in total. The first kappa shape index (κ1) is 44.3. The summed E-state index contributed by atoms with van der Waals surface area (Å²) in [6, 6.07) is 88.5. The summed E-state index contributed by atoms with van der Waals surface area (Å²) in [4.78, 5) is 16.4. The van der Waals surface area contributed by atoms with Crippen molar-refractivity contribution in [2.45, 2.75) is 0 Å². The largest absolute Gasteiger partial charge is 0.309 e. The number of para-hydroxylation sites is 2. The van der Waals surface area contributed by atoms with E-state index in [0.29, 0.717) is 23.0 Å². The fourth-order valence-corrected chi connectivity index (χ4v) is 14.5. The number of hydrogen-bond acceptors (Lipinski definition) is 6. The normalized spacial score (nSPS) is 11.8. The predicted octanol–water partition coefficient (Wildman–Crippen LogP) is 19.0. The van der Waals surface area contributed by atoms with Gasteiger partial charge in [-0.05, 0) is 83.4 Å². The maximum atomic E-state index is 9.89. The second kappa shape index (κ2) is 17.5. The molecule has 78 heavy (non-hydrogen) atoms. The summed E-state index contributed by atoms with van der Waals surface area (Å²) in [5.41, 5.74) is 13.5. The van der Waals surface area contributed by atoms with Crippen LogP contribution in [0.2, 0.25) is 0 Å². The van der Waals surface area contributed by atoms with Gasteiger partial charge in [0, 0.05) is 78.6 Å². The molecular formula is C70H40N6S2. The van der Waals surface area contributed by atoms with Crippen molar-refractivity contribution in [3.05, 3.63) is 248 Å². The molecule has 0 saturated carbocycles. The van der Waals surface area contributed by atoms with Gasteiger partial charge >= 0.3 is 0 Å². The molecule has 0 bridgehead atoms. The molecule has 5 aromatic heterocycles. The first-order chi connectivity index (χ1) is 38.6. The Balaban J connectivity index is 1.06. The van der Waals surface area contributed by atoms with E-state index in [2.05, 4.69) is 197 Å². The van der Waals surface area contributed by atoms with Crippen LogP contribution in [0, 0.1) is 11.3 Å². The summed E-state index contributed by atoms with van der Waals surface area (Å²) in [6.07, 6.45) is 0. The van der Waals surface area contributed by atoms with Gasteiger partial charge in [0.1, 0.15) is 0 Å². The molecule has 0 amide bonds. The van der Waals surface area contributed by atoms with Crippen LogP contribution in [0.1, 0.15) is 5.56 Å². The maximum absolute atomic E-state index is 9.89. The van der Waals surface area contributed by atoms with Crippen LogP contribution in [0.15, 0.2) is 243 Å². The minimum atomic E-state index is 0.547. The SMILES string of the molecule is N#Cc1ccc(-c2ccc(-n3c4ccccc4c4c5sc6ccccc6c5ccc43)c(-c3cccc(-n4c5ccccc5c5c6sc7ccccc7c6ccc54)c3-c3nc(-c4ccccc4)nc(-c4ccccc4)n3)c2)cc1. The summed E-state index contributed by atoms with van der Waals surface area (Å²) in [7, 11) is 0. The Labute approximate surface area is 455 Å². The lowest BCUT2D eigenvalue weighted by Crippen LogP contribution is -2.06. The molecular weight excluding hydrogens is 989 g/mol. The van der Waals surface area contributed by atoms with Crippen LogP contribution >= 0.6 is 22.7 Å². The molecule has 362 valence electrons. The average Bonchev–Trinajstić information content (AvgIpc) is 4.37. The van der Waals surface area contributed by atoms with Gasteiger partial charge in [-0.25, -0.2) is 15.0 Å². The second-order valence-corrected chi connectivity index (χ2v) is 21.8. The molecule has 16 aromatic rings. The Morgan fingerprint density at radius 3 is 1.38 bits per heavy atom. The van der Waals surface area contributed by atoms with Crippen LogP contribution in [0.25, 0.3) is 152 Å². The van der Waals surface area contributed by atoms with Crippen LogP contribution in [0.5, 0.6) is 0 Å². The third-order valence-electron chi connectivity index (χ3n) is 15.4. The fraction of sp³-hybridized carbons (Fsp3) is 0. The van der Waals surface area contributed by atoms with Crippen LogP contribution in [-0.2, 0) is 0 Å². The van der Waals surface area contributed by atoms with Gasteiger partial charge < -0.3 is 9.13 Å². The molecule has 0 aliphatic rings. The number of aromatic nitrogens is 5. The molecule has 0 aliphatic heterocycles. The molecule has 0 N–H and O–H groups in total. The minimum absolute atomic E-state index is 0.547. The average molecular weight is 1030 g/mol. The highest BCUT2D eigenvalue weighted by molar-refractivity contribution is 7.27. The van der Waals surface area contributed by atoms with Crippen LogP contribution < -0.4 is 0 Å². The summed E-state index contributed by atoms with van der Waals surface area (Å²) in [5, 5.41) is 19.7. The van der Waals surface area contributed by atoms with Crippen molar-refractivity contribution in [1.29, 1.82) is 5.26 Å². The molecule has 8 heteroatoms. The highest BCUT2D eigenvalue weighted by Gasteiger charge is 2.27. The van der Waals surface area contributed by atoms with Crippen LogP contribution in [0.3, 0.4) is 0 Å². The zero-order valence-corrected chi connectivity index (χ0v) is 43.2. The lowest BCUT2D eigenvalue weighted by molar-refractivity contribution is 1.06. The van der Waals surface area contributed by atoms with Crippen molar-refractivity contribution in [3.8, 4) is 73.9 Å². The van der Waals surface area contributed by atoms with Gasteiger partial charge in [0.15, 0.2) is 17.5 Å². The quantitative estimate of drug-likeness (QED) is 0.159. The van der Waals surface area contributed by atoms with Gasteiger partial charge in [0.2, 0.25) is 0 Å². The van der Waals surface area contributed by atoms with Gasteiger partial charge in [-0.3, -0.25) is 0 Å². The molecule has 0 unspecified atom stereocenters. The first-order valence-electron chi connectivity index (χ1n) is 26.0. The third-order valence-corrected chi connectivity index (χ3v) is 17.8. The van der Waals surface area contributed by atoms with Gasteiger partial charge in [0.05, 0.1) is 50.6 Å². The molecule has 0 saturated heterocycles. The highest BCUT2D eigenvalue weighted by atomic mass is 32.1. The van der Waals surface area contributed by atoms with E-state index in [9.17, 15) is 5.26 Å². The number of fused-ring (bicyclic) bond motifs is 14. The Morgan fingerprint density at radius 2 is 0.821 bits per heavy atom. The van der Waals surface area contributed by atoms with E-state index in [1.807, 2.05) is 83.3 Å². The Kier molecular flexibility index (Phi) is 9.94. The molecule has 16 rings (SSSR count). The molecule has 0 aliphatic carbocycles. The lowest BCUT2D eigenvalue weighted by Gasteiger charge is -2.21. The number of hydrogen-bond donors (Lipinski definition) is 0. The van der Waals surface area contributed by atoms with Gasteiger partial charge in [-0.1, -0.05) is 176 Å². The van der Waals surface area contributed by atoms with E-state index in [1.54, 1.807) is 0 Å². The maximum Gasteiger partial charge on any atom is 0.166 e. The molecule has 0 atom stereocenters. The van der Waals surface area contributed by atoms with Crippen molar-refractivity contribution >= 4 is 107 Å². The summed E-state index contributed by atoms with van der Waals surface area (Å²) in [5.74, 6) is 1.71. The number of nitrogens with zero attached hydrogens (tertiary/aromatic N) is 6. The zero-order valence-electron chi connectivity index (χ0n) is 41.6. The monoisotopic (exact) mass is 1030 g/mol. The van der Waals surface area contributed by atoms with Crippen molar-refractivity contribution < 1.29 is 0 Å². The Morgan fingerprint density at radius 1 is 0.333 bits per heavy atom. The summed E-state index contributed by atoms with van der Waals surface area (Å²) >= 11 is 3.71. The topological polar surface area (TPSA) is 72.3 Å². The number of benzene rings is 11. The zero-order chi connectivity index (χ0) is 51.4. The van der Waals surface area contributed by atoms with Crippen molar-refractivity contribution in [2.75, 3.05) is 0 Å². The predicted molar refractivity (Wildman–Crippen MR) is 326 cm³/mol. The Hall–Kier alpha value is -10.0. The lowest BCUT2D eigenvalue weighted by atomic mass is 9.92.